The fourth-order valence-electron chi connectivity index (χ4n) is 2.34. The highest BCUT2D eigenvalue weighted by molar-refractivity contribution is 14.0. The van der Waals surface area contributed by atoms with Crippen molar-refractivity contribution in [2.24, 2.45) is 12.0 Å². The van der Waals surface area contributed by atoms with Gasteiger partial charge in [0.25, 0.3) is 0 Å². The van der Waals surface area contributed by atoms with Crippen LogP contribution in [-0.2, 0) is 13.6 Å². The number of nitrogens with one attached hydrogen (secondary N) is 1. The third kappa shape index (κ3) is 6.83. The summed E-state index contributed by atoms with van der Waals surface area (Å²) in [5, 5.41) is 18.4. The van der Waals surface area contributed by atoms with Gasteiger partial charge in [-0.3, -0.25) is 9.67 Å². The predicted molar refractivity (Wildman–Crippen MR) is 112 cm³/mol. The molecule has 1 heterocycles. The first kappa shape index (κ1) is 21.7. The molecule has 2 aromatic rings. The molecule has 0 aliphatic heterocycles. The first-order chi connectivity index (χ1) is 11.5. The van der Waals surface area contributed by atoms with E-state index < -0.39 is 6.10 Å². The average Bonchev–Trinajstić information content (AvgIpc) is 2.96. The van der Waals surface area contributed by atoms with Gasteiger partial charge in [0, 0.05) is 44.0 Å². The zero-order valence-electron chi connectivity index (χ0n) is 14.7. The van der Waals surface area contributed by atoms with Crippen LogP contribution in [0.4, 0.5) is 0 Å². The summed E-state index contributed by atoms with van der Waals surface area (Å²) >= 11 is 5.87. The first-order valence-electron chi connectivity index (χ1n) is 7.90. The van der Waals surface area contributed by atoms with E-state index in [4.69, 9.17) is 11.6 Å². The number of rotatable bonds is 6. The highest BCUT2D eigenvalue weighted by Crippen LogP contribution is 2.16. The molecule has 6 nitrogen and oxygen atoms in total. The number of halogens is 2. The number of nitrogens with zero attached hydrogens (tertiary/aromatic N) is 4. The number of aromatic nitrogens is 2. The van der Waals surface area contributed by atoms with E-state index in [1.54, 1.807) is 16.8 Å². The molecule has 8 heteroatoms. The Balaban J connectivity index is 0.00000312. The van der Waals surface area contributed by atoms with Crippen LogP contribution in [0, 0.1) is 0 Å². The summed E-state index contributed by atoms with van der Waals surface area (Å²) in [5.41, 5.74) is 1.90. The molecule has 2 rings (SSSR count). The number of aliphatic hydroxyl groups is 1. The quantitative estimate of drug-likeness (QED) is 0.381. The molecule has 0 radical (unpaired) electrons. The molecule has 2 N–H and O–H groups in total. The Morgan fingerprint density at radius 2 is 2.08 bits per heavy atom. The smallest absolute Gasteiger partial charge is 0.194 e. The number of guanidine groups is 1. The van der Waals surface area contributed by atoms with E-state index >= 15 is 0 Å². The Morgan fingerprint density at radius 1 is 1.40 bits per heavy atom. The zero-order chi connectivity index (χ0) is 17.5. The van der Waals surface area contributed by atoms with Gasteiger partial charge in [0.1, 0.15) is 0 Å². The molecule has 1 aromatic carbocycles. The summed E-state index contributed by atoms with van der Waals surface area (Å²) in [6.07, 6.45) is 3.15. The number of hydrogen-bond donors (Lipinski definition) is 2. The SMILES string of the molecule is CCNC(=NCC(O)c1ccc(Cl)cc1)N(C)Cc1cnn(C)c1.I. The molecule has 0 fully saturated rings. The summed E-state index contributed by atoms with van der Waals surface area (Å²) < 4.78 is 1.78. The highest BCUT2D eigenvalue weighted by atomic mass is 127. The lowest BCUT2D eigenvalue weighted by Crippen LogP contribution is -2.38. The van der Waals surface area contributed by atoms with Crippen LogP contribution < -0.4 is 5.32 Å². The van der Waals surface area contributed by atoms with Gasteiger partial charge in [-0.25, -0.2) is 0 Å². The van der Waals surface area contributed by atoms with Crippen molar-refractivity contribution in [2.75, 3.05) is 20.1 Å². The second-order valence-electron chi connectivity index (χ2n) is 5.64. The first-order valence-corrected chi connectivity index (χ1v) is 8.28. The summed E-state index contributed by atoms with van der Waals surface area (Å²) in [6.45, 7) is 3.74. The maximum atomic E-state index is 10.3. The van der Waals surface area contributed by atoms with Crippen LogP contribution in [0.2, 0.25) is 5.02 Å². The zero-order valence-corrected chi connectivity index (χ0v) is 17.8. The van der Waals surface area contributed by atoms with Gasteiger partial charge < -0.3 is 15.3 Å². The highest BCUT2D eigenvalue weighted by Gasteiger charge is 2.11. The molecule has 0 saturated carbocycles. The minimum absolute atomic E-state index is 0. The van der Waals surface area contributed by atoms with Gasteiger partial charge in [0.2, 0.25) is 0 Å². The molecule has 0 spiro atoms. The Kier molecular flexibility index (Phi) is 9.23. The fourth-order valence-corrected chi connectivity index (χ4v) is 2.46. The minimum Gasteiger partial charge on any atom is -0.386 e. The predicted octanol–water partition coefficient (Wildman–Crippen LogP) is 2.82. The largest absolute Gasteiger partial charge is 0.386 e. The molecule has 1 unspecified atom stereocenters. The molecule has 0 amide bonds. The van der Waals surface area contributed by atoms with Gasteiger partial charge in [-0.05, 0) is 24.6 Å². The number of hydrogen-bond acceptors (Lipinski definition) is 3. The lowest BCUT2D eigenvalue weighted by Gasteiger charge is -2.22. The van der Waals surface area contributed by atoms with E-state index in [9.17, 15) is 5.11 Å². The second-order valence-corrected chi connectivity index (χ2v) is 6.08. The lowest BCUT2D eigenvalue weighted by molar-refractivity contribution is 0.186. The topological polar surface area (TPSA) is 65.7 Å². The number of aryl methyl sites for hydroxylation is 1. The van der Waals surface area contributed by atoms with Gasteiger partial charge in [0.15, 0.2) is 5.96 Å². The molecule has 0 aliphatic rings. The summed E-state index contributed by atoms with van der Waals surface area (Å²) in [6, 6.07) is 7.16. The van der Waals surface area contributed by atoms with E-state index in [1.807, 2.05) is 50.4 Å². The molecular formula is C17H25ClIN5O. The van der Waals surface area contributed by atoms with Gasteiger partial charge in [-0.2, -0.15) is 5.10 Å². The normalized spacial score (nSPS) is 12.4. The molecule has 138 valence electrons. The van der Waals surface area contributed by atoms with Crippen molar-refractivity contribution in [2.45, 2.75) is 19.6 Å². The molecule has 0 saturated heterocycles. The van der Waals surface area contributed by atoms with Crippen molar-refractivity contribution in [1.29, 1.82) is 0 Å². The third-order valence-electron chi connectivity index (χ3n) is 3.54. The number of aliphatic imine (C=N–C) groups is 1. The van der Waals surface area contributed by atoms with Crippen LogP contribution in [0.5, 0.6) is 0 Å². The lowest BCUT2D eigenvalue weighted by atomic mass is 10.1. The van der Waals surface area contributed by atoms with Gasteiger partial charge >= 0.3 is 0 Å². The maximum absolute atomic E-state index is 10.3. The minimum atomic E-state index is -0.664. The van der Waals surface area contributed by atoms with E-state index in [1.165, 1.54) is 0 Å². The fraction of sp³-hybridized carbons (Fsp3) is 0.412. The monoisotopic (exact) mass is 477 g/mol. The van der Waals surface area contributed by atoms with Crippen molar-refractivity contribution in [3.63, 3.8) is 0 Å². The Morgan fingerprint density at radius 3 is 2.64 bits per heavy atom. The van der Waals surface area contributed by atoms with Crippen LogP contribution in [0.3, 0.4) is 0 Å². The molecule has 25 heavy (non-hydrogen) atoms. The van der Waals surface area contributed by atoms with Crippen molar-refractivity contribution in [3.05, 3.63) is 52.8 Å². The molecule has 0 bridgehead atoms. The van der Waals surface area contributed by atoms with E-state index in [2.05, 4.69) is 15.4 Å². The number of aliphatic hydroxyl groups excluding tert-OH is 1. The van der Waals surface area contributed by atoms with Crippen molar-refractivity contribution in [3.8, 4) is 0 Å². The van der Waals surface area contributed by atoms with Crippen molar-refractivity contribution >= 4 is 41.5 Å². The van der Waals surface area contributed by atoms with Crippen LogP contribution in [0.15, 0.2) is 41.7 Å². The summed E-state index contributed by atoms with van der Waals surface area (Å²) in [5.74, 6) is 0.745. The Labute approximate surface area is 170 Å². The molecule has 1 atom stereocenters. The van der Waals surface area contributed by atoms with E-state index in [-0.39, 0.29) is 30.5 Å². The van der Waals surface area contributed by atoms with Crippen molar-refractivity contribution in [1.82, 2.24) is 20.0 Å². The second kappa shape index (κ2) is 10.6. The summed E-state index contributed by atoms with van der Waals surface area (Å²) in [7, 11) is 3.86. The maximum Gasteiger partial charge on any atom is 0.194 e. The van der Waals surface area contributed by atoms with Crippen LogP contribution in [0.1, 0.15) is 24.2 Å². The summed E-state index contributed by atoms with van der Waals surface area (Å²) in [4.78, 5) is 6.55. The average molecular weight is 478 g/mol. The van der Waals surface area contributed by atoms with E-state index in [0.717, 1.165) is 23.6 Å². The van der Waals surface area contributed by atoms with Gasteiger partial charge in [-0.1, -0.05) is 23.7 Å². The third-order valence-corrected chi connectivity index (χ3v) is 3.80. The molecular weight excluding hydrogens is 453 g/mol. The van der Waals surface area contributed by atoms with Crippen molar-refractivity contribution < 1.29 is 5.11 Å². The van der Waals surface area contributed by atoms with Crippen LogP contribution in [0.25, 0.3) is 0 Å². The Hall–Kier alpha value is -1.32. The molecule has 1 aromatic heterocycles. The van der Waals surface area contributed by atoms with Gasteiger partial charge in [-0.15, -0.1) is 24.0 Å². The van der Waals surface area contributed by atoms with Crippen LogP contribution >= 0.6 is 35.6 Å². The van der Waals surface area contributed by atoms with Crippen LogP contribution in [-0.4, -0.2) is 45.9 Å². The van der Waals surface area contributed by atoms with Gasteiger partial charge in [0.05, 0.1) is 18.8 Å². The standard InChI is InChI=1S/C17H24ClN5O.HI/c1-4-19-17(22(2)11-13-9-21-23(3)12-13)20-10-16(24)14-5-7-15(18)8-6-14;/h5-9,12,16,24H,4,10-11H2,1-3H3,(H,19,20);1H. The Bertz CT molecular complexity index is 674. The molecule has 0 aliphatic carbocycles. The number of benzene rings is 1. The van der Waals surface area contributed by atoms with E-state index in [0.29, 0.717) is 11.6 Å².